The fraction of sp³-hybridized carbons (Fsp3) is 0.591. The third kappa shape index (κ3) is 5.01. The second-order valence-corrected chi connectivity index (χ2v) is 17.9. The summed E-state index contributed by atoms with van der Waals surface area (Å²) >= 11 is 0. The number of ether oxygens (including phenoxy) is 2. The molecule has 1 aliphatic carbocycles. The molecule has 312 valence electrons. The van der Waals surface area contributed by atoms with Crippen molar-refractivity contribution in [3.05, 3.63) is 70.9 Å². The third-order valence-electron chi connectivity index (χ3n) is 15.3. The number of halogens is 2. The number of nitrogens with zero attached hydrogens (tertiary/aromatic N) is 3. The molecule has 1 saturated carbocycles. The Hall–Kier alpha value is -4.08. The highest BCUT2D eigenvalue weighted by Crippen LogP contribution is 2.67. The molecule has 1 aromatic heterocycles. The molecule has 2 aromatic carbocycles. The highest BCUT2D eigenvalue weighted by atomic mass is 19.3. The lowest BCUT2D eigenvalue weighted by atomic mass is 9.47. The number of hydrazine groups is 1. The number of nitrogens with one attached hydrogen (secondary N) is 3. The van der Waals surface area contributed by atoms with E-state index in [9.17, 15) is 15.0 Å². The Labute approximate surface area is 337 Å². The summed E-state index contributed by atoms with van der Waals surface area (Å²) in [6.07, 6.45) is 3.98. The number of piperidine rings is 1. The molecule has 2 saturated heterocycles. The van der Waals surface area contributed by atoms with E-state index in [-0.39, 0.29) is 31.3 Å². The number of likely N-dealkylation sites (N-methyl/N-ethyl adjacent to an activating group) is 1. The molecule has 10 atom stereocenters. The zero-order valence-corrected chi connectivity index (χ0v) is 34.2. The van der Waals surface area contributed by atoms with Crippen LogP contribution in [0.1, 0.15) is 68.8 Å². The molecule has 1 amide bonds. The largest absolute Gasteiger partial charge is 0.496 e. The maximum atomic E-state index is 15.3. The van der Waals surface area contributed by atoms with E-state index >= 15 is 13.6 Å². The van der Waals surface area contributed by atoms with Gasteiger partial charge < -0.3 is 29.6 Å². The number of benzene rings is 2. The number of hydrogen-bond donors (Lipinski definition) is 5. The summed E-state index contributed by atoms with van der Waals surface area (Å²) < 4.78 is 42.7. The van der Waals surface area contributed by atoms with E-state index in [1.165, 1.54) is 7.11 Å². The Morgan fingerprint density at radius 2 is 1.88 bits per heavy atom. The fourth-order valence-corrected chi connectivity index (χ4v) is 13.0. The number of aliphatic hydroxyl groups excluding tert-OH is 1. The van der Waals surface area contributed by atoms with Gasteiger partial charge in [0.1, 0.15) is 17.3 Å². The Balaban J connectivity index is 1.34. The maximum Gasteiger partial charge on any atom is 0.322 e. The van der Waals surface area contributed by atoms with E-state index < -0.39 is 57.7 Å². The van der Waals surface area contributed by atoms with Gasteiger partial charge in [0.05, 0.1) is 20.3 Å². The van der Waals surface area contributed by atoms with Gasteiger partial charge in [-0.25, -0.2) is 14.2 Å². The van der Waals surface area contributed by atoms with Crippen LogP contribution < -0.4 is 20.5 Å². The molecule has 2 bridgehead atoms. The number of fused-ring (bicyclic) bond motifs is 6. The van der Waals surface area contributed by atoms with Crippen LogP contribution in [0.5, 0.6) is 5.75 Å². The number of carbonyl (C=O) groups is 2. The SMILES string of the molecule is CCNNC(=O)[C@@]1(O)[C@H](O)[C@]2(CC)C=CCN3CC[C@@]4(c5cc([C@@]6(C(=O)OC)C[C@@H]7C[C@@H](C(C)(F)F)CN(Cc8c6[nH]c6ccccc86)C7)c(OC)cc5N(C)[C@@H]14)[C@@H]32. The Kier molecular flexibility index (Phi) is 9.15. The highest BCUT2D eigenvalue weighted by molar-refractivity contribution is 5.95. The minimum absolute atomic E-state index is 0.176. The van der Waals surface area contributed by atoms with Gasteiger partial charge in [-0.2, -0.15) is 0 Å². The lowest BCUT2D eigenvalue weighted by molar-refractivity contribution is -0.204. The molecule has 1 unspecified atom stereocenters. The summed E-state index contributed by atoms with van der Waals surface area (Å²) in [7, 11) is 4.77. The molecule has 1 spiro atoms. The molecule has 6 heterocycles. The lowest BCUT2D eigenvalue weighted by Crippen LogP contribution is -2.82. The predicted molar refractivity (Wildman–Crippen MR) is 215 cm³/mol. The minimum atomic E-state index is -2.92. The van der Waals surface area contributed by atoms with Crippen LogP contribution in [0.3, 0.4) is 0 Å². The van der Waals surface area contributed by atoms with Gasteiger partial charge in [0, 0.05) is 96.5 Å². The quantitative estimate of drug-likeness (QED) is 0.129. The molecule has 3 fully saturated rings. The van der Waals surface area contributed by atoms with E-state index in [0.29, 0.717) is 68.3 Å². The number of carbonyl (C=O) groups excluding carboxylic acids is 2. The smallest absolute Gasteiger partial charge is 0.322 e. The van der Waals surface area contributed by atoms with Crippen molar-refractivity contribution in [2.24, 2.45) is 17.3 Å². The van der Waals surface area contributed by atoms with Crippen LogP contribution >= 0.6 is 0 Å². The molecular weight excluding hydrogens is 747 g/mol. The van der Waals surface area contributed by atoms with E-state index in [1.807, 2.05) is 74.3 Å². The van der Waals surface area contributed by atoms with Crippen molar-refractivity contribution in [1.29, 1.82) is 0 Å². The van der Waals surface area contributed by atoms with Gasteiger partial charge in [0.25, 0.3) is 5.91 Å². The first-order valence-corrected chi connectivity index (χ1v) is 20.8. The molecule has 6 aliphatic rings. The maximum absolute atomic E-state index is 15.3. The Morgan fingerprint density at radius 1 is 1.10 bits per heavy atom. The van der Waals surface area contributed by atoms with Gasteiger partial charge >= 0.3 is 5.97 Å². The molecule has 3 aromatic rings. The summed E-state index contributed by atoms with van der Waals surface area (Å²) in [5, 5.41) is 26.6. The summed E-state index contributed by atoms with van der Waals surface area (Å²) in [5.41, 5.74) is 4.22. The van der Waals surface area contributed by atoms with Crippen molar-refractivity contribution in [2.75, 3.05) is 58.9 Å². The zero-order valence-electron chi connectivity index (χ0n) is 34.2. The van der Waals surface area contributed by atoms with Crippen molar-refractivity contribution >= 4 is 28.5 Å². The number of aliphatic hydroxyl groups is 2. The number of alkyl halides is 2. The molecule has 0 radical (unpaired) electrons. The predicted octanol–water partition coefficient (Wildman–Crippen LogP) is 3.98. The van der Waals surface area contributed by atoms with Crippen LogP contribution in [0.4, 0.5) is 14.5 Å². The number of methoxy groups -OCH3 is 2. The van der Waals surface area contributed by atoms with Crippen molar-refractivity contribution in [2.45, 2.75) is 93.5 Å². The number of aromatic amines is 1. The minimum Gasteiger partial charge on any atom is -0.496 e. The van der Waals surface area contributed by atoms with Crippen molar-refractivity contribution in [3.8, 4) is 5.75 Å². The molecular formula is C44H56F2N6O6. The first kappa shape index (κ1) is 39.4. The monoisotopic (exact) mass is 802 g/mol. The van der Waals surface area contributed by atoms with Gasteiger partial charge in [-0.1, -0.05) is 44.2 Å². The number of amides is 1. The van der Waals surface area contributed by atoms with Crippen LogP contribution in [-0.4, -0.2) is 121 Å². The van der Waals surface area contributed by atoms with Crippen molar-refractivity contribution in [1.82, 2.24) is 25.6 Å². The highest BCUT2D eigenvalue weighted by Gasteiger charge is 2.78. The normalized spacial score (nSPS) is 36.3. The third-order valence-corrected chi connectivity index (χ3v) is 15.3. The van der Waals surface area contributed by atoms with E-state index in [2.05, 4.69) is 25.6 Å². The van der Waals surface area contributed by atoms with Gasteiger partial charge in [-0.3, -0.25) is 24.8 Å². The standard InChI is InChI=1S/C44H56F2N6O6/c1-7-41-14-11-16-52-17-15-42(35(41)52)29-19-30(33(57-5)20-32(29)50(4)36(42)44(56,37(41)53)38(54)49-47-8-2)43(39(55)58-6)21-25-18-26(40(3,45)46)23-51(22-25)24-28-27-12-9-10-13-31(27)48-34(28)43/h9-14,19-20,25-26,35-37,47-48,53,56H,7-8,15-18,21-24H2,1-6H3,(H,49,54)/t25-,26+,35-,36+,37+,41+,42+,43-,44-/m0/s1. The fourth-order valence-electron chi connectivity index (χ4n) is 13.0. The van der Waals surface area contributed by atoms with Crippen LogP contribution in [0.25, 0.3) is 10.9 Å². The number of hydrogen-bond acceptors (Lipinski definition) is 10. The Morgan fingerprint density at radius 3 is 2.59 bits per heavy atom. The molecule has 5 N–H and O–H groups in total. The lowest BCUT2D eigenvalue weighted by Gasteiger charge is -2.63. The first-order valence-electron chi connectivity index (χ1n) is 20.8. The summed E-state index contributed by atoms with van der Waals surface area (Å²) in [4.78, 5) is 39.6. The summed E-state index contributed by atoms with van der Waals surface area (Å²) in [5.74, 6) is -5.00. The number of esters is 1. The molecule has 14 heteroatoms. The second kappa shape index (κ2) is 13.5. The van der Waals surface area contributed by atoms with Crippen molar-refractivity contribution in [3.63, 3.8) is 0 Å². The topological polar surface area (TPSA) is 143 Å². The number of anilines is 1. The number of aromatic nitrogens is 1. The summed E-state index contributed by atoms with van der Waals surface area (Å²) in [6.45, 7) is 7.64. The van der Waals surface area contributed by atoms with Crippen molar-refractivity contribution < 1.29 is 38.1 Å². The van der Waals surface area contributed by atoms with Crippen LogP contribution in [-0.2, 0) is 31.7 Å². The number of H-pyrrole nitrogens is 1. The van der Waals surface area contributed by atoms with Crippen LogP contribution in [0.15, 0.2) is 48.6 Å². The number of rotatable bonds is 8. The average Bonchev–Trinajstić information content (AvgIpc) is 3.86. The Bertz CT molecular complexity index is 2190. The van der Waals surface area contributed by atoms with Gasteiger partial charge in [0.2, 0.25) is 5.92 Å². The first-order chi connectivity index (χ1) is 27.7. The number of para-hydroxylation sites is 1. The molecule has 5 aliphatic heterocycles. The van der Waals surface area contributed by atoms with Gasteiger partial charge in [0.15, 0.2) is 5.60 Å². The molecule has 58 heavy (non-hydrogen) atoms. The van der Waals surface area contributed by atoms with E-state index in [4.69, 9.17) is 9.47 Å². The average molecular weight is 803 g/mol. The van der Waals surface area contributed by atoms with Crippen LogP contribution in [0.2, 0.25) is 0 Å². The molecule has 12 nitrogen and oxygen atoms in total. The summed E-state index contributed by atoms with van der Waals surface area (Å²) in [6, 6.07) is 10.5. The van der Waals surface area contributed by atoms with Gasteiger partial charge in [-0.05, 0) is 68.3 Å². The van der Waals surface area contributed by atoms with Gasteiger partial charge in [-0.15, -0.1) is 0 Å². The van der Waals surface area contributed by atoms with E-state index in [1.54, 1.807) is 7.11 Å². The van der Waals surface area contributed by atoms with Crippen LogP contribution in [0, 0.1) is 17.3 Å². The van der Waals surface area contributed by atoms with E-state index in [0.717, 1.165) is 29.0 Å². The molecule has 9 rings (SSSR count). The second-order valence-electron chi connectivity index (χ2n) is 17.9. The zero-order chi connectivity index (χ0) is 41.2.